The zero-order chi connectivity index (χ0) is 15.0. The number of halogens is 2. The summed E-state index contributed by atoms with van der Waals surface area (Å²) in [6.07, 6.45) is 5.07. The molecule has 1 N–H and O–H groups in total. The molecular formula is C13H18Cl2N2O2S. The molecule has 4 nitrogen and oxygen atoms in total. The third kappa shape index (κ3) is 3.85. The summed E-state index contributed by atoms with van der Waals surface area (Å²) < 4.78 is 27.4. The van der Waals surface area contributed by atoms with Gasteiger partial charge >= 0.3 is 0 Å². The molecule has 0 bridgehead atoms. The fourth-order valence-electron chi connectivity index (χ4n) is 2.64. The molecule has 1 aliphatic rings. The lowest BCUT2D eigenvalue weighted by Gasteiger charge is -2.35. The SMILES string of the molecule is CC1(C)CCCC(NS(=O)(=O)c2cnc(Cl)c(Cl)c2)C1. The molecule has 1 atom stereocenters. The highest BCUT2D eigenvalue weighted by molar-refractivity contribution is 7.89. The van der Waals surface area contributed by atoms with E-state index in [1.807, 2.05) is 0 Å². The van der Waals surface area contributed by atoms with Gasteiger partial charge in [-0.05, 0) is 30.7 Å². The van der Waals surface area contributed by atoms with Gasteiger partial charge in [0.05, 0.1) is 5.02 Å². The molecule has 1 aromatic heterocycles. The van der Waals surface area contributed by atoms with Gasteiger partial charge in [0, 0.05) is 12.2 Å². The van der Waals surface area contributed by atoms with Gasteiger partial charge < -0.3 is 0 Å². The maximum Gasteiger partial charge on any atom is 0.242 e. The minimum absolute atomic E-state index is 0.0433. The summed E-state index contributed by atoms with van der Waals surface area (Å²) in [7, 11) is -3.60. The highest BCUT2D eigenvalue weighted by atomic mass is 35.5. The fraction of sp³-hybridized carbons (Fsp3) is 0.615. The third-order valence-corrected chi connectivity index (χ3v) is 5.78. The van der Waals surface area contributed by atoms with Gasteiger partial charge in [0.15, 0.2) is 0 Å². The normalized spacial score (nSPS) is 22.7. The first-order chi connectivity index (χ1) is 9.20. The van der Waals surface area contributed by atoms with Gasteiger partial charge in [0.1, 0.15) is 10.0 Å². The van der Waals surface area contributed by atoms with Gasteiger partial charge in [-0.2, -0.15) is 0 Å². The summed E-state index contributed by atoms with van der Waals surface area (Å²) in [6, 6.07) is 1.28. The van der Waals surface area contributed by atoms with E-state index in [2.05, 4.69) is 23.6 Å². The number of nitrogens with zero attached hydrogens (tertiary/aromatic N) is 1. The summed E-state index contributed by atoms with van der Waals surface area (Å²) in [5.74, 6) is 0. The lowest BCUT2D eigenvalue weighted by molar-refractivity contribution is 0.212. The van der Waals surface area contributed by atoms with Crippen LogP contribution in [0.3, 0.4) is 0 Å². The second kappa shape index (κ2) is 5.79. The second-order valence-corrected chi connectivity index (χ2v) is 8.50. The molecule has 0 aliphatic heterocycles. The smallest absolute Gasteiger partial charge is 0.242 e. The van der Waals surface area contributed by atoms with Crippen LogP contribution in [0.1, 0.15) is 39.5 Å². The molecule has 1 saturated carbocycles. The van der Waals surface area contributed by atoms with E-state index < -0.39 is 10.0 Å². The molecule has 20 heavy (non-hydrogen) atoms. The average Bonchev–Trinajstić information content (AvgIpc) is 2.30. The van der Waals surface area contributed by atoms with E-state index >= 15 is 0 Å². The van der Waals surface area contributed by atoms with E-state index in [-0.39, 0.29) is 26.5 Å². The molecular weight excluding hydrogens is 319 g/mol. The number of rotatable bonds is 3. The highest BCUT2D eigenvalue weighted by Gasteiger charge is 2.31. The molecule has 1 unspecified atom stereocenters. The Bertz CT molecular complexity index is 602. The number of pyridine rings is 1. The summed E-state index contributed by atoms with van der Waals surface area (Å²) in [4.78, 5) is 3.83. The van der Waals surface area contributed by atoms with Crippen LogP contribution in [-0.2, 0) is 10.0 Å². The fourth-order valence-corrected chi connectivity index (χ4v) is 4.21. The van der Waals surface area contributed by atoms with Gasteiger partial charge in [-0.15, -0.1) is 0 Å². The van der Waals surface area contributed by atoms with Gasteiger partial charge in [0.2, 0.25) is 10.0 Å². The zero-order valence-corrected chi connectivity index (χ0v) is 13.8. The monoisotopic (exact) mass is 336 g/mol. The van der Waals surface area contributed by atoms with Gasteiger partial charge in [-0.25, -0.2) is 18.1 Å². The third-order valence-electron chi connectivity index (χ3n) is 3.61. The zero-order valence-electron chi connectivity index (χ0n) is 11.5. The summed E-state index contributed by atoms with van der Waals surface area (Å²) in [5, 5.41) is 0.239. The average molecular weight is 337 g/mol. The molecule has 0 radical (unpaired) electrons. The van der Waals surface area contributed by atoms with E-state index in [4.69, 9.17) is 23.2 Å². The predicted octanol–water partition coefficient (Wildman–Crippen LogP) is 3.64. The molecule has 1 aliphatic carbocycles. The molecule has 1 aromatic rings. The maximum absolute atomic E-state index is 12.3. The van der Waals surface area contributed by atoms with Crippen molar-refractivity contribution in [1.29, 1.82) is 0 Å². The Balaban J connectivity index is 2.16. The number of hydrogen-bond donors (Lipinski definition) is 1. The summed E-state index contributed by atoms with van der Waals surface area (Å²) in [5.41, 5.74) is 0.168. The number of sulfonamides is 1. The molecule has 0 aromatic carbocycles. The number of nitrogens with one attached hydrogen (secondary N) is 1. The van der Waals surface area contributed by atoms with Crippen molar-refractivity contribution in [3.05, 3.63) is 22.4 Å². The van der Waals surface area contributed by atoms with Crippen molar-refractivity contribution in [2.45, 2.75) is 50.5 Å². The van der Waals surface area contributed by atoms with Crippen LogP contribution in [0.5, 0.6) is 0 Å². The van der Waals surface area contributed by atoms with Crippen molar-refractivity contribution in [2.24, 2.45) is 5.41 Å². The minimum atomic E-state index is -3.60. The van der Waals surface area contributed by atoms with E-state index in [0.717, 1.165) is 25.7 Å². The lowest BCUT2D eigenvalue weighted by Crippen LogP contribution is -2.40. The Morgan fingerprint density at radius 1 is 1.40 bits per heavy atom. The van der Waals surface area contributed by atoms with Crippen LogP contribution in [0.25, 0.3) is 0 Å². The van der Waals surface area contributed by atoms with E-state index in [9.17, 15) is 8.42 Å². The molecule has 0 saturated heterocycles. The van der Waals surface area contributed by atoms with Crippen LogP contribution >= 0.6 is 23.2 Å². The van der Waals surface area contributed by atoms with Crippen molar-refractivity contribution in [1.82, 2.24) is 9.71 Å². The summed E-state index contributed by atoms with van der Waals surface area (Å²) >= 11 is 11.5. The van der Waals surface area contributed by atoms with Crippen LogP contribution in [0.15, 0.2) is 17.2 Å². The van der Waals surface area contributed by atoms with Crippen LogP contribution in [0, 0.1) is 5.41 Å². The number of aromatic nitrogens is 1. The first kappa shape index (κ1) is 16.0. The Kier molecular flexibility index (Phi) is 4.64. The van der Waals surface area contributed by atoms with Crippen molar-refractivity contribution in [3.63, 3.8) is 0 Å². The van der Waals surface area contributed by atoms with E-state index in [1.165, 1.54) is 12.3 Å². The Labute approximate surface area is 129 Å². The van der Waals surface area contributed by atoms with Crippen molar-refractivity contribution in [3.8, 4) is 0 Å². The van der Waals surface area contributed by atoms with Crippen LogP contribution in [0.2, 0.25) is 10.2 Å². The van der Waals surface area contributed by atoms with Crippen LogP contribution in [-0.4, -0.2) is 19.4 Å². The largest absolute Gasteiger partial charge is 0.242 e. The van der Waals surface area contributed by atoms with Crippen molar-refractivity contribution in [2.75, 3.05) is 0 Å². The molecule has 1 heterocycles. The lowest BCUT2D eigenvalue weighted by atomic mass is 9.75. The Hall–Kier alpha value is -0.360. The minimum Gasteiger partial charge on any atom is -0.242 e. The topological polar surface area (TPSA) is 59.1 Å². The van der Waals surface area contributed by atoms with E-state index in [1.54, 1.807) is 0 Å². The van der Waals surface area contributed by atoms with E-state index in [0.29, 0.717) is 0 Å². The van der Waals surface area contributed by atoms with Gasteiger partial charge in [-0.3, -0.25) is 0 Å². The van der Waals surface area contributed by atoms with Crippen molar-refractivity contribution >= 4 is 33.2 Å². The molecule has 1 fully saturated rings. The van der Waals surface area contributed by atoms with Gasteiger partial charge in [-0.1, -0.05) is 43.5 Å². The first-order valence-corrected chi connectivity index (χ1v) is 8.77. The standard InChI is InChI=1S/C13H18Cl2N2O2S/c1-13(2)5-3-4-9(7-13)17-20(18,19)10-6-11(14)12(15)16-8-10/h6,8-9,17H,3-5,7H2,1-2H3. The quantitative estimate of drug-likeness (QED) is 0.857. The highest BCUT2D eigenvalue weighted by Crippen LogP contribution is 2.35. The molecule has 7 heteroatoms. The predicted molar refractivity (Wildman–Crippen MR) is 80.6 cm³/mol. The molecule has 112 valence electrons. The Morgan fingerprint density at radius 3 is 2.70 bits per heavy atom. The van der Waals surface area contributed by atoms with Crippen molar-refractivity contribution < 1.29 is 8.42 Å². The molecule has 0 spiro atoms. The first-order valence-electron chi connectivity index (χ1n) is 6.53. The Morgan fingerprint density at radius 2 is 2.10 bits per heavy atom. The molecule has 0 amide bonds. The van der Waals surface area contributed by atoms with Crippen LogP contribution in [0.4, 0.5) is 0 Å². The van der Waals surface area contributed by atoms with Gasteiger partial charge in [0.25, 0.3) is 0 Å². The summed E-state index contributed by atoms with van der Waals surface area (Å²) in [6.45, 7) is 4.32. The maximum atomic E-state index is 12.3. The molecule has 2 rings (SSSR count). The van der Waals surface area contributed by atoms with Crippen LogP contribution < -0.4 is 4.72 Å². The second-order valence-electron chi connectivity index (χ2n) is 6.02. The number of hydrogen-bond acceptors (Lipinski definition) is 3.